The molecule has 0 saturated heterocycles. The van der Waals surface area contributed by atoms with Gasteiger partial charge in [-0.25, -0.2) is 0 Å². The van der Waals surface area contributed by atoms with Gasteiger partial charge in [-0.3, -0.25) is 0 Å². The minimum Gasteiger partial charge on any atom is -0.507 e. The topological polar surface area (TPSA) is 36.0 Å². The van der Waals surface area contributed by atoms with Crippen LogP contribution in [0.2, 0.25) is 15.1 Å². The molecule has 2 N–H and O–H groups in total. The van der Waals surface area contributed by atoms with E-state index in [1.165, 1.54) is 0 Å². The molecule has 19 heavy (non-hydrogen) atoms. The molecule has 0 aliphatic rings. The SMILES string of the molecule is Oc1c(-c2cc(Cl)c(Cl)cc2Cl)ccc2[nH]ccc12. The van der Waals surface area contributed by atoms with E-state index in [1.54, 1.807) is 30.5 Å². The number of phenols is 1. The second-order valence-electron chi connectivity index (χ2n) is 4.15. The minimum absolute atomic E-state index is 0.166. The van der Waals surface area contributed by atoms with Crippen LogP contribution in [0.25, 0.3) is 22.0 Å². The van der Waals surface area contributed by atoms with Gasteiger partial charge < -0.3 is 10.1 Å². The molecule has 96 valence electrons. The molecule has 0 saturated carbocycles. The molecule has 0 radical (unpaired) electrons. The Balaban J connectivity index is 2.30. The first-order chi connectivity index (χ1) is 9.08. The Bertz CT molecular complexity index is 780. The number of nitrogens with one attached hydrogen (secondary N) is 1. The van der Waals surface area contributed by atoms with Gasteiger partial charge in [0.1, 0.15) is 5.75 Å². The molecule has 0 bridgehead atoms. The van der Waals surface area contributed by atoms with Crippen LogP contribution in [-0.4, -0.2) is 10.1 Å². The standard InChI is InChI=1S/C14H8Cl3NO/c15-10-6-12(17)11(16)5-9(10)7-1-2-13-8(14(7)19)3-4-18-13/h1-6,18-19H. The van der Waals surface area contributed by atoms with Crippen molar-refractivity contribution in [2.75, 3.05) is 0 Å². The van der Waals surface area contributed by atoms with Gasteiger partial charge in [-0.05, 0) is 30.3 Å². The predicted octanol–water partition coefficient (Wildman–Crippen LogP) is 5.50. The van der Waals surface area contributed by atoms with Gasteiger partial charge in [-0.15, -0.1) is 0 Å². The van der Waals surface area contributed by atoms with Crippen molar-refractivity contribution in [2.45, 2.75) is 0 Å². The number of aromatic nitrogens is 1. The maximum Gasteiger partial charge on any atom is 0.132 e. The molecule has 1 aromatic heterocycles. The number of hydrogen-bond donors (Lipinski definition) is 2. The van der Waals surface area contributed by atoms with Crippen molar-refractivity contribution in [3.05, 3.63) is 51.6 Å². The van der Waals surface area contributed by atoms with Crippen LogP contribution in [0.15, 0.2) is 36.5 Å². The first kappa shape index (κ1) is 12.7. The first-order valence-corrected chi connectivity index (χ1v) is 6.65. The summed E-state index contributed by atoms with van der Waals surface area (Å²) in [5.74, 6) is 0.166. The second-order valence-corrected chi connectivity index (χ2v) is 5.37. The van der Waals surface area contributed by atoms with Gasteiger partial charge in [0, 0.05) is 28.2 Å². The molecule has 0 aliphatic heterocycles. The van der Waals surface area contributed by atoms with Crippen LogP contribution in [0.1, 0.15) is 0 Å². The highest BCUT2D eigenvalue weighted by atomic mass is 35.5. The molecule has 0 fully saturated rings. The van der Waals surface area contributed by atoms with Crippen molar-refractivity contribution >= 4 is 45.7 Å². The van der Waals surface area contributed by atoms with Crippen LogP contribution < -0.4 is 0 Å². The molecule has 5 heteroatoms. The zero-order valence-corrected chi connectivity index (χ0v) is 11.8. The van der Waals surface area contributed by atoms with Crippen LogP contribution in [0.5, 0.6) is 5.75 Å². The molecule has 0 aliphatic carbocycles. The number of fused-ring (bicyclic) bond motifs is 1. The number of hydrogen-bond acceptors (Lipinski definition) is 1. The summed E-state index contributed by atoms with van der Waals surface area (Å²) in [7, 11) is 0. The zero-order valence-electron chi connectivity index (χ0n) is 9.55. The number of halogens is 3. The fraction of sp³-hybridized carbons (Fsp3) is 0. The van der Waals surface area contributed by atoms with Gasteiger partial charge in [-0.2, -0.15) is 0 Å². The Kier molecular flexibility index (Phi) is 3.09. The van der Waals surface area contributed by atoms with Crippen LogP contribution in [0.3, 0.4) is 0 Å². The summed E-state index contributed by atoms with van der Waals surface area (Å²) in [5, 5.41) is 12.3. The van der Waals surface area contributed by atoms with Crippen molar-refractivity contribution in [1.29, 1.82) is 0 Å². The highest BCUT2D eigenvalue weighted by Gasteiger charge is 2.14. The van der Waals surface area contributed by atoms with E-state index in [9.17, 15) is 5.11 Å². The van der Waals surface area contributed by atoms with Gasteiger partial charge in [-0.1, -0.05) is 34.8 Å². The summed E-state index contributed by atoms with van der Waals surface area (Å²) in [4.78, 5) is 3.03. The average Bonchev–Trinajstić information content (AvgIpc) is 2.84. The number of aromatic amines is 1. The van der Waals surface area contributed by atoms with E-state index >= 15 is 0 Å². The largest absolute Gasteiger partial charge is 0.507 e. The average molecular weight is 313 g/mol. The maximum atomic E-state index is 10.3. The number of phenolic OH excluding ortho intramolecular Hbond substituents is 1. The lowest BCUT2D eigenvalue weighted by atomic mass is 10.0. The Morgan fingerprint density at radius 3 is 2.37 bits per heavy atom. The third-order valence-corrected chi connectivity index (χ3v) is 4.04. The molecule has 0 atom stereocenters. The van der Waals surface area contributed by atoms with Crippen molar-refractivity contribution < 1.29 is 5.11 Å². The van der Waals surface area contributed by atoms with E-state index in [4.69, 9.17) is 34.8 Å². The molecule has 0 amide bonds. The Morgan fingerprint density at radius 1 is 0.842 bits per heavy atom. The third-order valence-electron chi connectivity index (χ3n) is 3.01. The summed E-state index contributed by atoms with van der Waals surface area (Å²) in [5.41, 5.74) is 2.13. The molecule has 3 rings (SSSR count). The summed E-state index contributed by atoms with van der Waals surface area (Å²) >= 11 is 18.1. The van der Waals surface area contributed by atoms with E-state index in [0.29, 0.717) is 26.2 Å². The molecular formula is C14H8Cl3NO. The van der Waals surface area contributed by atoms with Crippen molar-refractivity contribution in [2.24, 2.45) is 0 Å². The molecule has 3 aromatic rings. The third kappa shape index (κ3) is 2.06. The van der Waals surface area contributed by atoms with Crippen molar-refractivity contribution in [1.82, 2.24) is 4.98 Å². The monoisotopic (exact) mass is 311 g/mol. The van der Waals surface area contributed by atoms with E-state index in [1.807, 2.05) is 6.07 Å². The highest BCUT2D eigenvalue weighted by Crippen LogP contribution is 2.41. The lowest BCUT2D eigenvalue weighted by Crippen LogP contribution is -1.83. The summed E-state index contributed by atoms with van der Waals surface area (Å²) in [6, 6.07) is 8.70. The normalized spacial score (nSPS) is 11.1. The predicted molar refractivity (Wildman–Crippen MR) is 80.4 cm³/mol. The maximum absolute atomic E-state index is 10.3. The van der Waals surface area contributed by atoms with Gasteiger partial charge in [0.05, 0.1) is 15.1 Å². The van der Waals surface area contributed by atoms with Crippen molar-refractivity contribution in [3.8, 4) is 16.9 Å². The van der Waals surface area contributed by atoms with Crippen LogP contribution in [0, 0.1) is 0 Å². The van der Waals surface area contributed by atoms with E-state index < -0.39 is 0 Å². The van der Waals surface area contributed by atoms with E-state index in [2.05, 4.69) is 4.98 Å². The van der Waals surface area contributed by atoms with Gasteiger partial charge in [0.15, 0.2) is 0 Å². The summed E-state index contributed by atoms with van der Waals surface area (Å²) < 4.78 is 0. The van der Waals surface area contributed by atoms with E-state index in [-0.39, 0.29) is 5.75 Å². The van der Waals surface area contributed by atoms with Crippen LogP contribution in [-0.2, 0) is 0 Å². The lowest BCUT2D eigenvalue weighted by molar-refractivity contribution is 0.483. The molecule has 0 spiro atoms. The van der Waals surface area contributed by atoms with Crippen LogP contribution >= 0.6 is 34.8 Å². The molecule has 2 aromatic carbocycles. The Hall–Kier alpha value is -1.35. The van der Waals surface area contributed by atoms with Crippen LogP contribution in [0.4, 0.5) is 0 Å². The number of rotatable bonds is 1. The number of benzene rings is 2. The summed E-state index contributed by atoms with van der Waals surface area (Å²) in [6.07, 6.45) is 1.77. The zero-order chi connectivity index (χ0) is 13.6. The quantitative estimate of drug-likeness (QED) is 0.572. The molecular weight excluding hydrogens is 305 g/mol. The van der Waals surface area contributed by atoms with Gasteiger partial charge in [0.2, 0.25) is 0 Å². The number of aromatic hydroxyl groups is 1. The fourth-order valence-corrected chi connectivity index (χ4v) is 2.71. The first-order valence-electron chi connectivity index (χ1n) is 5.52. The highest BCUT2D eigenvalue weighted by molar-refractivity contribution is 6.44. The minimum atomic E-state index is 0.166. The van der Waals surface area contributed by atoms with E-state index in [0.717, 1.165) is 10.9 Å². The molecule has 0 unspecified atom stereocenters. The van der Waals surface area contributed by atoms with Crippen molar-refractivity contribution in [3.63, 3.8) is 0 Å². The Labute approximate surface area is 124 Å². The fourth-order valence-electron chi connectivity index (χ4n) is 2.06. The molecule has 1 heterocycles. The second kappa shape index (κ2) is 4.64. The lowest BCUT2D eigenvalue weighted by Gasteiger charge is -2.09. The van der Waals surface area contributed by atoms with Gasteiger partial charge in [0.25, 0.3) is 0 Å². The Morgan fingerprint density at radius 2 is 1.58 bits per heavy atom. The molecule has 2 nitrogen and oxygen atoms in total. The van der Waals surface area contributed by atoms with Gasteiger partial charge >= 0.3 is 0 Å². The smallest absolute Gasteiger partial charge is 0.132 e. The number of H-pyrrole nitrogens is 1. The summed E-state index contributed by atoms with van der Waals surface area (Å²) in [6.45, 7) is 0.